The average molecular weight is 437 g/mol. The van der Waals surface area contributed by atoms with E-state index in [-0.39, 0.29) is 28.8 Å². The lowest BCUT2D eigenvalue weighted by Crippen LogP contribution is -2.42. The number of anilines is 2. The van der Waals surface area contributed by atoms with Crippen molar-refractivity contribution >= 4 is 27.3 Å². The van der Waals surface area contributed by atoms with E-state index < -0.39 is 21.3 Å². The van der Waals surface area contributed by atoms with Gasteiger partial charge in [-0.25, -0.2) is 12.8 Å². The number of benzene rings is 2. The van der Waals surface area contributed by atoms with Gasteiger partial charge in [0.15, 0.2) is 11.6 Å². The molecular weight excluding hydrogens is 411 g/mol. The van der Waals surface area contributed by atoms with E-state index in [9.17, 15) is 17.6 Å². The number of fused-ring (bicyclic) bond motifs is 1. The molecule has 0 spiro atoms. The first-order valence-electron chi connectivity index (χ1n) is 9.54. The highest BCUT2D eigenvalue weighted by molar-refractivity contribution is 7.92. The highest BCUT2D eigenvalue weighted by atomic mass is 32.2. The van der Waals surface area contributed by atoms with Crippen molar-refractivity contribution in [3.8, 4) is 11.5 Å². The molecule has 1 heterocycles. The van der Waals surface area contributed by atoms with Gasteiger partial charge in [-0.1, -0.05) is 6.92 Å². The molecule has 0 atom stereocenters. The molecule has 0 unspecified atom stereocenters. The second-order valence-corrected chi connectivity index (χ2v) is 9.40. The molecule has 1 N–H and O–H groups in total. The lowest BCUT2D eigenvalue weighted by atomic mass is 9.93. The number of halogens is 1. The molecular formula is C21H25FN2O5S. The van der Waals surface area contributed by atoms with Gasteiger partial charge in [-0.2, -0.15) is 0 Å². The Kier molecular flexibility index (Phi) is 5.94. The van der Waals surface area contributed by atoms with Crippen LogP contribution in [0.3, 0.4) is 0 Å². The van der Waals surface area contributed by atoms with Gasteiger partial charge >= 0.3 is 0 Å². The van der Waals surface area contributed by atoms with Crippen LogP contribution >= 0.6 is 0 Å². The summed E-state index contributed by atoms with van der Waals surface area (Å²) in [6.45, 7) is 6.27. The molecule has 0 fully saturated rings. The maximum Gasteiger partial charge on any atom is 0.262 e. The summed E-state index contributed by atoms with van der Waals surface area (Å²) in [4.78, 5) is 14.4. The quantitative estimate of drug-likeness (QED) is 0.745. The third kappa shape index (κ3) is 4.21. The highest BCUT2D eigenvalue weighted by Crippen LogP contribution is 2.38. The van der Waals surface area contributed by atoms with E-state index in [0.29, 0.717) is 18.0 Å². The minimum atomic E-state index is -4.05. The summed E-state index contributed by atoms with van der Waals surface area (Å²) >= 11 is 0. The van der Waals surface area contributed by atoms with Crippen LogP contribution in [0, 0.1) is 11.2 Å². The number of hydrogen-bond acceptors (Lipinski definition) is 5. The van der Waals surface area contributed by atoms with Crippen LogP contribution in [0.1, 0.15) is 27.2 Å². The molecule has 0 saturated heterocycles. The van der Waals surface area contributed by atoms with Crippen LogP contribution in [-0.2, 0) is 14.8 Å². The summed E-state index contributed by atoms with van der Waals surface area (Å²) in [6.07, 6.45) is 0.725. The van der Waals surface area contributed by atoms with Crippen LogP contribution in [0.25, 0.3) is 0 Å². The number of nitrogens with one attached hydrogen (secondary N) is 1. The number of ether oxygens (including phenoxy) is 2. The topological polar surface area (TPSA) is 84.9 Å². The number of sulfonamides is 1. The highest BCUT2D eigenvalue weighted by Gasteiger charge is 2.37. The Morgan fingerprint density at radius 1 is 1.23 bits per heavy atom. The second kappa shape index (κ2) is 8.14. The molecule has 3 rings (SSSR count). The maximum absolute atomic E-state index is 14.0. The number of carbonyl (C=O) groups excluding carboxylic acids is 1. The first-order chi connectivity index (χ1) is 14.1. The van der Waals surface area contributed by atoms with Crippen molar-refractivity contribution in [1.82, 2.24) is 0 Å². The largest absolute Gasteiger partial charge is 0.494 e. The molecule has 0 radical (unpaired) electrons. The van der Waals surface area contributed by atoms with Crippen molar-refractivity contribution in [3.63, 3.8) is 0 Å². The number of nitrogens with zero attached hydrogens (tertiary/aromatic N) is 1. The van der Waals surface area contributed by atoms with Crippen molar-refractivity contribution in [3.05, 3.63) is 42.2 Å². The zero-order valence-corrected chi connectivity index (χ0v) is 18.2. The standard InChI is InChI=1S/C21H25FN2O5S/c1-5-10-24-17-11-14(6-8-19(17)29-13-21(2,3)20(24)25)23-30(26,27)15-7-9-18(28-4)16(22)12-15/h6-9,11-12,23H,5,10,13H2,1-4H3. The molecule has 1 amide bonds. The molecule has 1 aliphatic rings. The molecule has 0 saturated carbocycles. The van der Waals surface area contributed by atoms with Crippen LogP contribution in [0.2, 0.25) is 0 Å². The van der Waals surface area contributed by atoms with E-state index in [4.69, 9.17) is 9.47 Å². The van der Waals surface area contributed by atoms with Gasteiger partial charge in [0.1, 0.15) is 12.4 Å². The van der Waals surface area contributed by atoms with Crippen molar-refractivity contribution in [2.45, 2.75) is 32.1 Å². The van der Waals surface area contributed by atoms with Gasteiger partial charge in [-0.05, 0) is 56.7 Å². The van der Waals surface area contributed by atoms with Crippen LogP contribution in [0.15, 0.2) is 41.3 Å². The fourth-order valence-corrected chi connectivity index (χ4v) is 4.24. The van der Waals surface area contributed by atoms with Gasteiger partial charge in [0.25, 0.3) is 10.0 Å². The van der Waals surface area contributed by atoms with Gasteiger partial charge < -0.3 is 14.4 Å². The Morgan fingerprint density at radius 3 is 2.60 bits per heavy atom. The Balaban J connectivity index is 1.97. The van der Waals surface area contributed by atoms with Crippen molar-refractivity contribution in [2.75, 3.05) is 29.9 Å². The molecule has 9 heteroatoms. The Hall–Kier alpha value is -2.81. The first-order valence-corrected chi connectivity index (χ1v) is 11.0. The van der Waals surface area contributed by atoms with E-state index in [0.717, 1.165) is 12.5 Å². The molecule has 2 aromatic carbocycles. The van der Waals surface area contributed by atoms with Gasteiger partial charge in [0.2, 0.25) is 5.91 Å². The number of hydrogen-bond donors (Lipinski definition) is 1. The molecule has 0 bridgehead atoms. The summed E-state index contributed by atoms with van der Waals surface area (Å²) in [5, 5.41) is 0. The maximum atomic E-state index is 14.0. The van der Waals surface area contributed by atoms with Crippen LogP contribution in [-0.4, -0.2) is 34.6 Å². The third-order valence-corrected chi connectivity index (χ3v) is 6.17. The lowest BCUT2D eigenvalue weighted by molar-refractivity contribution is -0.127. The molecule has 0 aromatic heterocycles. The minimum absolute atomic E-state index is 0.0486. The second-order valence-electron chi connectivity index (χ2n) is 7.71. The predicted molar refractivity (Wildman–Crippen MR) is 112 cm³/mol. The lowest BCUT2D eigenvalue weighted by Gasteiger charge is -2.28. The van der Waals surface area contributed by atoms with Crippen molar-refractivity contribution in [2.24, 2.45) is 5.41 Å². The van der Waals surface area contributed by atoms with Gasteiger partial charge in [-0.15, -0.1) is 0 Å². The third-order valence-electron chi connectivity index (χ3n) is 4.80. The van der Waals surface area contributed by atoms with Crippen LogP contribution < -0.4 is 19.1 Å². The van der Waals surface area contributed by atoms with Gasteiger partial charge in [0.05, 0.1) is 28.8 Å². The first kappa shape index (κ1) is 21.9. The summed E-state index contributed by atoms with van der Waals surface area (Å²) in [7, 11) is -2.75. The normalized spacial score (nSPS) is 15.8. The fourth-order valence-electron chi connectivity index (χ4n) is 3.18. The average Bonchev–Trinajstić information content (AvgIpc) is 2.78. The fraction of sp³-hybridized carbons (Fsp3) is 0.381. The molecule has 2 aromatic rings. The molecule has 162 valence electrons. The number of carbonyl (C=O) groups is 1. The summed E-state index contributed by atoms with van der Waals surface area (Å²) in [5.41, 5.74) is 0.0183. The molecule has 30 heavy (non-hydrogen) atoms. The van der Waals surface area contributed by atoms with Crippen molar-refractivity contribution in [1.29, 1.82) is 0 Å². The number of amides is 1. The van der Waals surface area contributed by atoms with Crippen molar-refractivity contribution < 1.29 is 27.1 Å². The Bertz CT molecular complexity index is 1070. The smallest absolute Gasteiger partial charge is 0.262 e. The molecule has 1 aliphatic heterocycles. The van der Waals surface area contributed by atoms with E-state index in [1.54, 1.807) is 23.1 Å². The van der Waals surface area contributed by atoms with E-state index in [1.165, 1.54) is 19.2 Å². The van der Waals surface area contributed by atoms with E-state index in [1.807, 2.05) is 20.8 Å². The van der Waals surface area contributed by atoms with Gasteiger partial charge in [-0.3, -0.25) is 9.52 Å². The summed E-state index contributed by atoms with van der Waals surface area (Å²) in [6, 6.07) is 8.12. The molecule has 0 aliphatic carbocycles. The van der Waals surface area contributed by atoms with Gasteiger partial charge in [0, 0.05) is 6.54 Å². The number of methoxy groups -OCH3 is 1. The zero-order chi connectivity index (χ0) is 22.1. The molecule has 7 nitrogen and oxygen atoms in total. The Labute approximate surface area is 175 Å². The van der Waals surface area contributed by atoms with Crippen LogP contribution in [0.4, 0.5) is 15.8 Å². The minimum Gasteiger partial charge on any atom is -0.494 e. The Morgan fingerprint density at radius 2 is 1.97 bits per heavy atom. The van der Waals surface area contributed by atoms with E-state index >= 15 is 0 Å². The van der Waals surface area contributed by atoms with E-state index in [2.05, 4.69) is 4.72 Å². The number of rotatable bonds is 6. The summed E-state index contributed by atoms with van der Waals surface area (Å²) in [5.74, 6) is -0.425. The SMILES string of the molecule is CCCN1C(=O)C(C)(C)COc2ccc(NS(=O)(=O)c3ccc(OC)c(F)c3)cc21. The zero-order valence-electron chi connectivity index (χ0n) is 17.4. The monoisotopic (exact) mass is 436 g/mol. The predicted octanol–water partition coefficient (Wildman–Crippen LogP) is 3.80. The van der Waals surface area contributed by atoms with Crippen LogP contribution in [0.5, 0.6) is 11.5 Å². The summed E-state index contributed by atoms with van der Waals surface area (Å²) < 4.78 is 52.5.